The highest BCUT2D eigenvalue weighted by atomic mass is 35.5. The molecule has 108 valence electrons. The predicted octanol–water partition coefficient (Wildman–Crippen LogP) is 3.40. The van der Waals surface area contributed by atoms with Crippen LogP contribution in [0, 0.1) is 16.0 Å². The Labute approximate surface area is 122 Å². The first kappa shape index (κ1) is 14.8. The van der Waals surface area contributed by atoms with Crippen molar-refractivity contribution >= 4 is 23.2 Å². The van der Waals surface area contributed by atoms with Gasteiger partial charge >= 0.3 is 0 Å². The number of non-ortho nitro benzene ring substituents is 1. The molecule has 0 aromatic heterocycles. The average Bonchev–Trinajstić information content (AvgIpc) is 2.56. The van der Waals surface area contributed by atoms with E-state index in [2.05, 4.69) is 6.92 Å². The molecule has 0 saturated carbocycles. The van der Waals surface area contributed by atoms with Gasteiger partial charge in [-0.25, -0.2) is 0 Å². The summed E-state index contributed by atoms with van der Waals surface area (Å²) in [6.07, 6.45) is 2.39. The molecule has 1 unspecified atom stereocenters. The fourth-order valence-electron chi connectivity index (χ4n) is 2.34. The molecule has 1 aliphatic heterocycles. The number of likely N-dealkylation sites (tertiary alicyclic amines) is 1. The number of nitro groups is 1. The summed E-state index contributed by atoms with van der Waals surface area (Å²) in [7, 11) is 0. The first-order valence-electron chi connectivity index (χ1n) is 6.68. The molecular formula is C14H17ClN2O3. The number of carbonyl (C=O) groups excluding carboxylic acids is 1. The van der Waals surface area contributed by atoms with Gasteiger partial charge in [0.2, 0.25) is 5.91 Å². The van der Waals surface area contributed by atoms with E-state index in [9.17, 15) is 14.9 Å². The summed E-state index contributed by atoms with van der Waals surface area (Å²) in [5.74, 6) is 0.626. The number of carbonyl (C=O) groups is 1. The molecule has 0 aliphatic carbocycles. The Balaban J connectivity index is 2.18. The molecule has 20 heavy (non-hydrogen) atoms. The third-order valence-corrected chi connectivity index (χ3v) is 4.07. The van der Waals surface area contributed by atoms with E-state index in [1.165, 1.54) is 18.2 Å². The lowest BCUT2D eigenvalue weighted by Crippen LogP contribution is -2.29. The minimum absolute atomic E-state index is 0.0000361. The van der Waals surface area contributed by atoms with Crippen LogP contribution in [-0.4, -0.2) is 22.3 Å². The van der Waals surface area contributed by atoms with Crippen molar-refractivity contribution in [1.82, 2.24) is 4.90 Å². The van der Waals surface area contributed by atoms with Crippen LogP contribution in [0.15, 0.2) is 18.2 Å². The molecule has 5 nitrogen and oxygen atoms in total. The molecule has 0 N–H and O–H groups in total. The second-order valence-corrected chi connectivity index (χ2v) is 5.69. The number of rotatable bonds is 3. The van der Waals surface area contributed by atoms with Gasteiger partial charge in [-0.15, -0.1) is 0 Å². The fourth-order valence-corrected chi connectivity index (χ4v) is 2.52. The Hall–Kier alpha value is -1.62. The van der Waals surface area contributed by atoms with E-state index in [0.717, 1.165) is 12.8 Å². The molecular weight excluding hydrogens is 280 g/mol. The normalized spacial score (nSPS) is 19.8. The number of hydrogen-bond acceptors (Lipinski definition) is 3. The van der Waals surface area contributed by atoms with Gasteiger partial charge in [-0.05, 0) is 30.4 Å². The smallest absolute Gasteiger partial charge is 0.269 e. The van der Waals surface area contributed by atoms with Crippen molar-refractivity contribution in [2.24, 2.45) is 5.92 Å². The molecule has 0 spiro atoms. The zero-order chi connectivity index (χ0) is 14.7. The maximum atomic E-state index is 12.0. The number of amides is 1. The molecule has 1 aliphatic rings. The van der Waals surface area contributed by atoms with Gasteiger partial charge in [0.25, 0.3) is 5.69 Å². The Morgan fingerprint density at radius 3 is 2.90 bits per heavy atom. The van der Waals surface area contributed by atoms with E-state index in [-0.39, 0.29) is 11.6 Å². The van der Waals surface area contributed by atoms with Crippen molar-refractivity contribution in [2.75, 3.05) is 6.54 Å². The van der Waals surface area contributed by atoms with Gasteiger partial charge in [-0.1, -0.05) is 18.5 Å². The lowest BCUT2D eigenvalue weighted by atomic mass is 10.0. The molecule has 0 bridgehead atoms. The van der Waals surface area contributed by atoms with E-state index < -0.39 is 4.92 Å². The van der Waals surface area contributed by atoms with Gasteiger partial charge in [0.15, 0.2) is 0 Å². The third-order valence-electron chi connectivity index (χ3n) is 3.70. The van der Waals surface area contributed by atoms with Crippen LogP contribution in [0.2, 0.25) is 5.02 Å². The van der Waals surface area contributed by atoms with Gasteiger partial charge in [0, 0.05) is 36.7 Å². The molecule has 1 fully saturated rings. The van der Waals surface area contributed by atoms with Crippen LogP contribution in [0.1, 0.15) is 31.7 Å². The highest BCUT2D eigenvalue weighted by Crippen LogP contribution is 2.25. The molecule has 1 saturated heterocycles. The van der Waals surface area contributed by atoms with Crippen LogP contribution in [0.3, 0.4) is 0 Å². The van der Waals surface area contributed by atoms with E-state index in [1.54, 1.807) is 4.90 Å². The quantitative estimate of drug-likeness (QED) is 0.634. The highest BCUT2D eigenvalue weighted by Gasteiger charge is 2.21. The lowest BCUT2D eigenvalue weighted by molar-refractivity contribution is -0.384. The zero-order valence-corrected chi connectivity index (χ0v) is 12.1. The van der Waals surface area contributed by atoms with Crippen molar-refractivity contribution in [2.45, 2.75) is 32.7 Å². The molecule has 1 aromatic rings. The predicted molar refractivity (Wildman–Crippen MR) is 76.5 cm³/mol. The van der Waals surface area contributed by atoms with Crippen LogP contribution in [0.25, 0.3) is 0 Å². The molecule has 0 radical (unpaired) electrons. The maximum absolute atomic E-state index is 12.0. The maximum Gasteiger partial charge on any atom is 0.269 e. The largest absolute Gasteiger partial charge is 0.338 e. The second kappa shape index (κ2) is 6.22. The van der Waals surface area contributed by atoms with Crippen LogP contribution in [0.5, 0.6) is 0 Å². The summed E-state index contributed by atoms with van der Waals surface area (Å²) in [4.78, 5) is 24.1. The molecule has 1 atom stereocenters. The van der Waals surface area contributed by atoms with Gasteiger partial charge in [-0.2, -0.15) is 0 Å². The van der Waals surface area contributed by atoms with Crippen molar-refractivity contribution in [3.05, 3.63) is 38.9 Å². The number of nitro benzene ring substituents is 1. The first-order chi connectivity index (χ1) is 9.47. The Kier molecular flexibility index (Phi) is 4.60. The number of benzene rings is 1. The minimum atomic E-state index is -0.452. The molecule has 2 rings (SSSR count). The summed E-state index contributed by atoms with van der Waals surface area (Å²) in [6.45, 7) is 3.15. The summed E-state index contributed by atoms with van der Waals surface area (Å²) < 4.78 is 0. The Morgan fingerprint density at radius 2 is 2.20 bits per heavy atom. The van der Waals surface area contributed by atoms with Crippen molar-refractivity contribution in [3.8, 4) is 0 Å². The molecule has 6 heteroatoms. The summed E-state index contributed by atoms with van der Waals surface area (Å²) in [5.41, 5.74) is 0.629. The highest BCUT2D eigenvalue weighted by molar-refractivity contribution is 6.31. The SMILES string of the molecule is CC1CCC(=O)N(Cc2cc([N+](=O)[O-])ccc2Cl)CC1. The van der Waals surface area contributed by atoms with Gasteiger partial charge in [0.1, 0.15) is 0 Å². The summed E-state index contributed by atoms with van der Waals surface area (Å²) >= 11 is 6.08. The topological polar surface area (TPSA) is 63.5 Å². The Bertz CT molecular complexity index is 533. The van der Waals surface area contributed by atoms with Gasteiger partial charge in [0.05, 0.1) is 4.92 Å². The molecule has 1 heterocycles. The zero-order valence-electron chi connectivity index (χ0n) is 11.3. The van der Waals surface area contributed by atoms with Crippen molar-refractivity contribution in [3.63, 3.8) is 0 Å². The van der Waals surface area contributed by atoms with Gasteiger partial charge < -0.3 is 4.90 Å². The van der Waals surface area contributed by atoms with E-state index in [1.807, 2.05) is 0 Å². The average molecular weight is 297 g/mol. The fraction of sp³-hybridized carbons (Fsp3) is 0.500. The van der Waals surface area contributed by atoms with Gasteiger partial charge in [-0.3, -0.25) is 14.9 Å². The summed E-state index contributed by atoms with van der Waals surface area (Å²) in [6, 6.07) is 4.34. The number of hydrogen-bond donors (Lipinski definition) is 0. The first-order valence-corrected chi connectivity index (χ1v) is 7.05. The van der Waals surface area contributed by atoms with E-state index in [4.69, 9.17) is 11.6 Å². The minimum Gasteiger partial charge on any atom is -0.338 e. The van der Waals surface area contributed by atoms with Crippen LogP contribution in [0.4, 0.5) is 5.69 Å². The van der Waals surface area contributed by atoms with E-state index in [0.29, 0.717) is 36.0 Å². The van der Waals surface area contributed by atoms with Crippen LogP contribution in [-0.2, 0) is 11.3 Å². The van der Waals surface area contributed by atoms with Crippen LogP contribution < -0.4 is 0 Å². The number of halogens is 1. The number of nitrogens with zero attached hydrogens (tertiary/aromatic N) is 2. The molecule has 1 aromatic carbocycles. The van der Waals surface area contributed by atoms with Crippen molar-refractivity contribution in [1.29, 1.82) is 0 Å². The second-order valence-electron chi connectivity index (χ2n) is 5.28. The van der Waals surface area contributed by atoms with Crippen molar-refractivity contribution < 1.29 is 9.72 Å². The standard InChI is InChI=1S/C14H17ClN2O3/c1-10-2-5-14(18)16(7-6-10)9-11-8-12(17(19)20)3-4-13(11)15/h3-4,8,10H,2,5-7,9H2,1H3. The summed E-state index contributed by atoms with van der Waals surface area (Å²) in [5, 5.41) is 11.3. The van der Waals surface area contributed by atoms with E-state index >= 15 is 0 Å². The third kappa shape index (κ3) is 3.48. The molecule has 1 amide bonds. The monoisotopic (exact) mass is 296 g/mol. The Morgan fingerprint density at radius 1 is 1.45 bits per heavy atom. The lowest BCUT2D eigenvalue weighted by Gasteiger charge is -2.21. The van der Waals surface area contributed by atoms with Crippen LogP contribution >= 0.6 is 11.6 Å².